The molecule has 1 aliphatic rings. The molecule has 0 unspecified atom stereocenters. The van der Waals surface area contributed by atoms with Gasteiger partial charge in [-0.15, -0.1) is 0 Å². The minimum Gasteiger partial charge on any atom is -0.478 e. The monoisotopic (exact) mass is 264 g/mol. The lowest BCUT2D eigenvalue weighted by Crippen LogP contribution is -2.33. The van der Waals surface area contributed by atoms with Crippen molar-refractivity contribution in [1.29, 1.82) is 0 Å². The van der Waals surface area contributed by atoms with Crippen LogP contribution in [0.1, 0.15) is 30.1 Å². The zero-order chi connectivity index (χ0) is 13.9. The number of carboxylic acid groups (broad SMARTS) is 1. The number of carbonyl (C=O) groups is 1. The Balaban J connectivity index is 2.10. The van der Waals surface area contributed by atoms with E-state index in [9.17, 15) is 4.79 Å². The maximum atomic E-state index is 11.2. The van der Waals surface area contributed by atoms with Gasteiger partial charge in [-0.05, 0) is 36.5 Å². The molecule has 1 saturated heterocycles. The van der Waals surface area contributed by atoms with Crippen molar-refractivity contribution >= 4 is 17.3 Å². The number of aromatic carboxylic acids is 1. The number of rotatable bonds is 4. The van der Waals surface area contributed by atoms with E-state index >= 15 is 0 Å². The van der Waals surface area contributed by atoms with Crippen LogP contribution in [-0.4, -0.2) is 30.8 Å². The molecule has 5 heteroatoms. The predicted octanol–water partition coefficient (Wildman–Crippen LogP) is 2.20. The number of hydrogen-bond donors (Lipinski definition) is 3. The summed E-state index contributed by atoms with van der Waals surface area (Å²) >= 11 is 0. The molecule has 5 nitrogen and oxygen atoms in total. The molecule has 0 spiro atoms. The summed E-state index contributed by atoms with van der Waals surface area (Å²) in [5.74, 6) is -0.945. The normalized spacial score (nSPS) is 17.9. The molecule has 1 aromatic rings. The Morgan fingerprint density at radius 2 is 2.16 bits per heavy atom. The van der Waals surface area contributed by atoms with Gasteiger partial charge in [-0.25, -0.2) is 4.79 Å². The van der Waals surface area contributed by atoms with Crippen molar-refractivity contribution in [3.8, 4) is 0 Å². The lowest BCUT2D eigenvalue weighted by molar-refractivity contribution is 0.0299. The lowest BCUT2D eigenvalue weighted by atomic mass is 9.82. The zero-order valence-electron chi connectivity index (χ0n) is 11.1. The van der Waals surface area contributed by atoms with Crippen molar-refractivity contribution in [2.24, 2.45) is 5.41 Å². The van der Waals surface area contributed by atoms with Gasteiger partial charge in [0, 0.05) is 25.4 Å². The molecule has 19 heavy (non-hydrogen) atoms. The molecular formula is C14H20N2O3. The number of benzene rings is 1. The van der Waals surface area contributed by atoms with Crippen LogP contribution in [0.4, 0.5) is 11.4 Å². The fourth-order valence-electron chi connectivity index (χ4n) is 2.24. The van der Waals surface area contributed by atoms with Gasteiger partial charge in [-0.1, -0.05) is 6.92 Å². The van der Waals surface area contributed by atoms with Crippen molar-refractivity contribution in [3.63, 3.8) is 0 Å². The van der Waals surface area contributed by atoms with Crippen LogP contribution >= 0.6 is 0 Å². The van der Waals surface area contributed by atoms with E-state index in [1.165, 1.54) is 6.07 Å². The summed E-state index contributed by atoms with van der Waals surface area (Å²) in [4.78, 5) is 11.2. The minimum atomic E-state index is -0.945. The van der Waals surface area contributed by atoms with Gasteiger partial charge in [0.25, 0.3) is 0 Å². The Hall–Kier alpha value is -1.75. The molecule has 0 amide bonds. The first kappa shape index (κ1) is 13.7. The molecule has 1 fully saturated rings. The number of nitrogen functional groups attached to an aromatic ring is 1. The van der Waals surface area contributed by atoms with Crippen LogP contribution in [0.2, 0.25) is 0 Å². The molecule has 0 radical (unpaired) electrons. The third kappa shape index (κ3) is 3.38. The molecule has 4 N–H and O–H groups in total. The highest BCUT2D eigenvalue weighted by atomic mass is 16.5. The van der Waals surface area contributed by atoms with E-state index < -0.39 is 5.97 Å². The van der Waals surface area contributed by atoms with E-state index in [1.54, 1.807) is 12.1 Å². The van der Waals surface area contributed by atoms with Gasteiger partial charge >= 0.3 is 5.97 Å². The maximum absolute atomic E-state index is 11.2. The lowest BCUT2D eigenvalue weighted by Gasteiger charge is -2.34. The Labute approximate surface area is 112 Å². The number of ether oxygens (including phenoxy) is 1. The Morgan fingerprint density at radius 1 is 1.47 bits per heavy atom. The second-order valence-corrected chi connectivity index (χ2v) is 5.39. The molecule has 0 aromatic heterocycles. The largest absolute Gasteiger partial charge is 0.478 e. The summed E-state index contributed by atoms with van der Waals surface area (Å²) in [5.41, 5.74) is 7.25. The molecule has 2 rings (SSSR count). The smallest absolute Gasteiger partial charge is 0.337 e. The Kier molecular flexibility index (Phi) is 3.95. The van der Waals surface area contributed by atoms with Gasteiger partial charge in [0.15, 0.2) is 0 Å². The molecule has 1 aliphatic heterocycles. The molecule has 0 bridgehead atoms. The van der Waals surface area contributed by atoms with E-state index in [4.69, 9.17) is 15.6 Å². The molecule has 1 heterocycles. The first-order valence-electron chi connectivity index (χ1n) is 6.45. The number of hydrogen-bond acceptors (Lipinski definition) is 4. The minimum absolute atomic E-state index is 0.138. The third-order valence-electron chi connectivity index (χ3n) is 3.68. The van der Waals surface area contributed by atoms with Crippen molar-refractivity contribution in [1.82, 2.24) is 0 Å². The summed E-state index contributed by atoms with van der Waals surface area (Å²) in [6, 6.07) is 4.81. The summed E-state index contributed by atoms with van der Waals surface area (Å²) < 4.78 is 5.36. The topological polar surface area (TPSA) is 84.6 Å². The first-order valence-corrected chi connectivity index (χ1v) is 6.45. The van der Waals surface area contributed by atoms with Gasteiger partial charge in [-0.2, -0.15) is 0 Å². The van der Waals surface area contributed by atoms with Crippen LogP contribution < -0.4 is 11.1 Å². The van der Waals surface area contributed by atoms with Gasteiger partial charge in [0.1, 0.15) is 0 Å². The van der Waals surface area contributed by atoms with E-state index in [1.807, 2.05) is 0 Å². The highest BCUT2D eigenvalue weighted by Gasteiger charge is 2.27. The number of anilines is 2. The van der Waals surface area contributed by atoms with Gasteiger partial charge in [0.2, 0.25) is 0 Å². The molecule has 0 aliphatic carbocycles. The third-order valence-corrected chi connectivity index (χ3v) is 3.68. The summed E-state index contributed by atoms with van der Waals surface area (Å²) in [7, 11) is 0. The second-order valence-electron chi connectivity index (χ2n) is 5.39. The molecule has 1 aromatic carbocycles. The van der Waals surface area contributed by atoms with Crippen LogP contribution in [0.25, 0.3) is 0 Å². The van der Waals surface area contributed by atoms with E-state index in [2.05, 4.69) is 12.2 Å². The second kappa shape index (κ2) is 5.48. The van der Waals surface area contributed by atoms with Crippen LogP contribution in [0.5, 0.6) is 0 Å². The average molecular weight is 264 g/mol. The number of nitrogens with one attached hydrogen (secondary N) is 1. The number of carboxylic acids is 1. The predicted molar refractivity (Wildman–Crippen MR) is 74.5 cm³/mol. The van der Waals surface area contributed by atoms with Gasteiger partial charge in [0.05, 0.1) is 11.3 Å². The van der Waals surface area contributed by atoms with Crippen LogP contribution in [0, 0.1) is 5.41 Å². The van der Waals surface area contributed by atoms with E-state index in [-0.39, 0.29) is 11.0 Å². The summed E-state index contributed by atoms with van der Waals surface area (Å²) in [6.07, 6.45) is 1.95. The van der Waals surface area contributed by atoms with E-state index in [0.717, 1.165) is 32.6 Å². The van der Waals surface area contributed by atoms with Crippen LogP contribution in [0.3, 0.4) is 0 Å². The molecule has 0 saturated carbocycles. The molecule has 0 atom stereocenters. The summed E-state index contributed by atoms with van der Waals surface area (Å²) in [5, 5.41) is 12.4. The quantitative estimate of drug-likeness (QED) is 0.726. The zero-order valence-corrected chi connectivity index (χ0v) is 11.1. The average Bonchev–Trinajstić information content (AvgIpc) is 2.37. The van der Waals surface area contributed by atoms with Crippen LogP contribution in [-0.2, 0) is 4.74 Å². The van der Waals surface area contributed by atoms with Crippen molar-refractivity contribution in [2.45, 2.75) is 19.8 Å². The Morgan fingerprint density at radius 3 is 2.79 bits per heavy atom. The fourth-order valence-corrected chi connectivity index (χ4v) is 2.24. The fraction of sp³-hybridized carbons (Fsp3) is 0.500. The standard InChI is InChI=1S/C14H20N2O3/c1-14(4-6-19-7-5-14)9-16-12-8-10(15)2-3-11(12)13(17)18/h2-3,8,16H,4-7,9,15H2,1H3,(H,17,18). The molecular weight excluding hydrogens is 244 g/mol. The van der Waals surface area contributed by atoms with Crippen molar-refractivity contribution < 1.29 is 14.6 Å². The van der Waals surface area contributed by atoms with Gasteiger partial charge in [-0.3, -0.25) is 0 Å². The molecule has 104 valence electrons. The number of nitrogens with two attached hydrogens (primary N) is 1. The summed E-state index contributed by atoms with van der Waals surface area (Å²) in [6.45, 7) is 4.44. The van der Waals surface area contributed by atoms with E-state index in [0.29, 0.717) is 11.4 Å². The van der Waals surface area contributed by atoms with Crippen LogP contribution in [0.15, 0.2) is 18.2 Å². The Bertz CT molecular complexity index is 468. The first-order chi connectivity index (χ1) is 9.00. The van der Waals surface area contributed by atoms with Crippen molar-refractivity contribution in [3.05, 3.63) is 23.8 Å². The van der Waals surface area contributed by atoms with Crippen molar-refractivity contribution in [2.75, 3.05) is 30.8 Å². The maximum Gasteiger partial charge on any atom is 0.337 e. The van der Waals surface area contributed by atoms with Gasteiger partial charge < -0.3 is 20.9 Å². The highest BCUT2D eigenvalue weighted by molar-refractivity contribution is 5.95. The highest BCUT2D eigenvalue weighted by Crippen LogP contribution is 2.30. The SMILES string of the molecule is CC1(CNc2cc(N)ccc2C(=O)O)CCOCC1.